The van der Waals surface area contributed by atoms with Gasteiger partial charge < -0.3 is 9.80 Å². The zero-order valence-electron chi connectivity index (χ0n) is 15.2. The lowest BCUT2D eigenvalue weighted by Crippen LogP contribution is -2.42. The number of likely N-dealkylation sites (tertiary alicyclic amines) is 2. The van der Waals surface area contributed by atoms with Crippen LogP contribution in [0.1, 0.15) is 64.1 Å². The molecule has 1 aromatic heterocycles. The Kier molecular flexibility index (Phi) is 5.88. The highest BCUT2D eigenvalue weighted by atomic mass is 16.2. The Morgan fingerprint density at radius 2 is 1.96 bits per heavy atom. The second kappa shape index (κ2) is 8.11. The summed E-state index contributed by atoms with van der Waals surface area (Å²) in [6.07, 6.45) is 8.24. The molecule has 1 amide bonds. The van der Waals surface area contributed by atoms with Crippen LogP contribution in [0.3, 0.4) is 0 Å². The van der Waals surface area contributed by atoms with Crippen LogP contribution in [0, 0.1) is 5.92 Å². The third-order valence-electron chi connectivity index (χ3n) is 5.70. The zero-order valence-corrected chi connectivity index (χ0v) is 15.2. The van der Waals surface area contributed by atoms with Crippen molar-refractivity contribution >= 4 is 5.91 Å². The molecule has 24 heavy (non-hydrogen) atoms. The third kappa shape index (κ3) is 4.15. The Labute approximate surface area is 146 Å². The van der Waals surface area contributed by atoms with Crippen LogP contribution in [-0.2, 0) is 4.79 Å². The van der Waals surface area contributed by atoms with Crippen molar-refractivity contribution in [1.82, 2.24) is 14.8 Å². The lowest BCUT2D eigenvalue weighted by Gasteiger charge is -2.38. The van der Waals surface area contributed by atoms with Gasteiger partial charge in [-0.1, -0.05) is 6.07 Å². The molecule has 3 heterocycles. The molecule has 0 bridgehead atoms. The molecule has 0 radical (unpaired) electrons. The van der Waals surface area contributed by atoms with E-state index in [1.807, 2.05) is 18.3 Å². The van der Waals surface area contributed by atoms with Crippen molar-refractivity contribution in [3.05, 3.63) is 30.1 Å². The molecule has 2 aliphatic heterocycles. The van der Waals surface area contributed by atoms with Gasteiger partial charge in [0.1, 0.15) is 0 Å². The fourth-order valence-corrected chi connectivity index (χ4v) is 4.15. The smallest absolute Gasteiger partial charge is 0.223 e. The number of carbonyl (C=O) groups excluding carboxylic acids is 1. The van der Waals surface area contributed by atoms with E-state index in [2.05, 4.69) is 34.7 Å². The van der Waals surface area contributed by atoms with Crippen molar-refractivity contribution in [2.45, 2.75) is 64.5 Å². The molecule has 0 aromatic carbocycles. The number of hydrogen-bond donors (Lipinski definition) is 0. The minimum Gasteiger partial charge on any atom is -0.334 e. The maximum absolute atomic E-state index is 12.9. The first-order valence-electron chi connectivity index (χ1n) is 9.59. The van der Waals surface area contributed by atoms with Gasteiger partial charge in [-0.05, 0) is 77.1 Å². The first-order valence-corrected chi connectivity index (χ1v) is 9.59. The average Bonchev–Trinajstić information content (AvgIpc) is 2.63. The highest BCUT2D eigenvalue weighted by Gasteiger charge is 2.31. The van der Waals surface area contributed by atoms with Crippen LogP contribution < -0.4 is 0 Å². The largest absolute Gasteiger partial charge is 0.334 e. The molecule has 0 N–H and O–H groups in total. The van der Waals surface area contributed by atoms with Crippen LogP contribution in [0.5, 0.6) is 0 Å². The van der Waals surface area contributed by atoms with E-state index < -0.39 is 0 Å². The molecule has 1 unspecified atom stereocenters. The van der Waals surface area contributed by atoms with Crippen LogP contribution in [0.2, 0.25) is 0 Å². The van der Waals surface area contributed by atoms with Crippen LogP contribution in [0.25, 0.3) is 0 Å². The summed E-state index contributed by atoms with van der Waals surface area (Å²) < 4.78 is 0. The molecule has 1 aromatic rings. The Hall–Kier alpha value is -1.42. The minimum atomic E-state index is 0.184. The van der Waals surface area contributed by atoms with E-state index in [1.165, 1.54) is 6.42 Å². The predicted molar refractivity (Wildman–Crippen MR) is 96.6 cm³/mol. The molecule has 0 spiro atoms. The topological polar surface area (TPSA) is 36.4 Å². The second-order valence-corrected chi connectivity index (χ2v) is 7.63. The van der Waals surface area contributed by atoms with Crippen molar-refractivity contribution in [3.63, 3.8) is 0 Å². The van der Waals surface area contributed by atoms with Gasteiger partial charge in [0, 0.05) is 25.2 Å². The Balaban J connectivity index is 1.59. The molecule has 0 aliphatic carbocycles. The van der Waals surface area contributed by atoms with Crippen LogP contribution >= 0.6 is 0 Å². The van der Waals surface area contributed by atoms with E-state index in [-0.39, 0.29) is 6.04 Å². The van der Waals surface area contributed by atoms with E-state index in [0.29, 0.717) is 17.9 Å². The lowest BCUT2D eigenvalue weighted by molar-refractivity contribution is -0.136. The molecule has 2 saturated heterocycles. The Bertz CT molecular complexity index is 523. The standard InChI is InChI=1S/C20H31N3O/c1-16(2)22-13-9-17(10-14-22)15-20(24)23-12-6-4-8-19(23)18-7-3-5-11-21-18/h3,5,7,11,16-17,19H,4,6,8-10,12-15H2,1-2H3. The maximum atomic E-state index is 12.9. The fraction of sp³-hybridized carbons (Fsp3) is 0.700. The molecular weight excluding hydrogens is 298 g/mol. The molecule has 4 nitrogen and oxygen atoms in total. The summed E-state index contributed by atoms with van der Waals surface area (Å²) in [4.78, 5) is 22.1. The quantitative estimate of drug-likeness (QED) is 0.846. The number of aromatic nitrogens is 1. The summed E-state index contributed by atoms with van der Waals surface area (Å²) in [7, 11) is 0. The Morgan fingerprint density at radius 3 is 2.62 bits per heavy atom. The molecule has 3 rings (SSSR count). The normalized spacial score (nSPS) is 23.6. The van der Waals surface area contributed by atoms with E-state index in [9.17, 15) is 4.79 Å². The zero-order chi connectivity index (χ0) is 16.9. The van der Waals surface area contributed by atoms with Gasteiger partial charge in [-0.2, -0.15) is 0 Å². The van der Waals surface area contributed by atoms with E-state index in [1.54, 1.807) is 0 Å². The van der Waals surface area contributed by atoms with Crippen molar-refractivity contribution in [2.24, 2.45) is 5.92 Å². The van der Waals surface area contributed by atoms with Gasteiger partial charge in [-0.25, -0.2) is 0 Å². The van der Waals surface area contributed by atoms with Crippen molar-refractivity contribution < 1.29 is 4.79 Å². The minimum absolute atomic E-state index is 0.184. The van der Waals surface area contributed by atoms with Crippen LogP contribution in [0.15, 0.2) is 24.4 Å². The number of hydrogen-bond acceptors (Lipinski definition) is 3. The van der Waals surface area contributed by atoms with E-state index >= 15 is 0 Å². The summed E-state index contributed by atoms with van der Waals surface area (Å²) in [5.41, 5.74) is 1.06. The van der Waals surface area contributed by atoms with Crippen molar-refractivity contribution in [3.8, 4) is 0 Å². The number of carbonyl (C=O) groups is 1. The molecule has 2 aliphatic rings. The molecule has 2 fully saturated rings. The molecule has 4 heteroatoms. The monoisotopic (exact) mass is 329 g/mol. The highest BCUT2D eigenvalue weighted by Crippen LogP contribution is 2.32. The van der Waals surface area contributed by atoms with E-state index in [0.717, 1.165) is 57.4 Å². The fourth-order valence-electron chi connectivity index (χ4n) is 4.15. The number of rotatable bonds is 4. The van der Waals surface area contributed by atoms with Gasteiger partial charge in [0.15, 0.2) is 0 Å². The molecule has 132 valence electrons. The lowest BCUT2D eigenvalue weighted by atomic mass is 9.91. The maximum Gasteiger partial charge on any atom is 0.223 e. The molecular formula is C20H31N3O. The van der Waals surface area contributed by atoms with E-state index in [4.69, 9.17) is 0 Å². The number of amides is 1. The average molecular weight is 329 g/mol. The van der Waals surface area contributed by atoms with Crippen molar-refractivity contribution in [1.29, 1.82) is 0 Å². The van der Waals surface area contributed by atoms with Crippen molar-refractivity contribution in [2.75, 3.05) is 19.6 Å². The SMILES string of the molecule is CC(C)N1CCC(CC(=O)N2CCCCC2c2ccccn2)CC1. The number of piperidine rings is 2. The molecule has 1 atom stereocenters. The third-order valence-corrected chi connectivity index (χ3v) is 5.70. The Morgan fingerprint density at radius 1 is 1.17 bits per heavy atom. The summed E-state index contributed by atoms with van der Waals surface area (Å²) in [5.74, 6) is 0.896. The second-order valence-electron chi connectivity index (χ2n) is 7.63. The summed E-state index contributed by atoms with van der Waals surface area (Å²) >= 11 is 0. The number of nitrogens with zero attached hydrogens (tertiary/aromatic N) is 3. The predicted octanol–water partition coefficient (Wildman–Crippen LogP) is 3.65. The molecule has 0 saturated carbocycles. The van der Waals surface area contributed by atoms with Crippen LogP contribution in [-0.4, -0.2) is 46.4 Å². The van der Waals surface area contributed by atoms with Gasteiger partial charge in [-0.3, -0.25) is 9.78 Å². The van der Waals surface area contributed by atoms with Gasteiger partial charge in [-0.15, -0.1) is 0 Å². The van der Waals surface area contributed by atoms with Gasteiger partial charge >= 0.3 is 0 Å². The van der Waals surface area contributed by atoms with Gasteiger partial charge in [0.05, 0.1) is 11.7 Å². The first-order chi connectivity index (χ1) is 11.6. The first kappa shape index (κ1) is 17.4. The summed E-state index contributed by atoms with van der Waals surface area (Å²) in [5, 5.41) is 0. The number of pyridine rings is 1. The summed E-state index contributed by atoms with van der Waals surface area (Å²) in [6.45, 7) is 7.69. The van der Waals surface area contributed by atoms with Gasteiger partial charge in [0.2, 0.25) is 5.91 Å². The van der Waals surface area contributed by atoms with Gasteiger partial charge in [0.25, 0.3) is 0 Å². The highest BCUT2D eigenvalue weighted by molar-refractivity contribution is 5.77. The van der Waals surface area contributed by atoms with Crippen LogP contribution in [0.4, 0.5) is 0 Å². The summed E-state index contributed by atoms with van der Waals surface area (Å²) in [6, 6.07) is 6.85.